The molecule has 0 amide bonds. The fourth-order valence-electron chi connectivity index (χ4n) is 3.12. The maximum absolute atomic E-state index is 12.4. The van der Waals surface area contributed by atoms with E-state index in [4.69, 9.17) is 15.0 Å². The van der Waals surface area contributed by atoms with Gasteiger partial charge in [-0.25, -0.2) is 9.98 Å². The van der Waals surface area contributed by atoms with Crippen LogP contribution in [0.2, 0.25) is 0 Å². The highest BCUT2D eigenvalue weighted by atomic mass is 32.2. The van der Waals surface area contributed by atoms with Gasteiger partial charge < -0.3 is 15.6 Å². The molecule has 0 bridgehead atoms. The van der Waals surface area contributed by atoms with Gasteiger partial charge in [0.2, 0.25) is 11.8 Å². The number of aromatic nitrogens is 3. The second-order valence-corrected chi connectivity index (χ2v) is 8.48. The Morgan fingerprint density at radius 3 is 2.59 bits per heavy atom. The summed E-state index contributed by atoms with van der Waals surface area (Å²) in [6, 6.07) is 11.8. The fourth-order valence-corrected chi connectivity index (χ4v) is 3.90. The van der Waals surface area contributed by atoms with Crippen molar-refractivity contribution in [2.75, 3.05) is 25.2 Å². The average molecular weight is 478 g/mol. The minimum Gasteiger partial charge on any atom is -0.861 e. The van der Waals surface area contributed by atoms with E-state index in [0.29, 0.717) is 30.2 Å². The molecule has 0 atom stereocenters. The summed E-state index contributed by atoms with van der Waals surface area (Å²) in [5.41, 5.74) is 8.54. The number of nitriles is 2. The van der Waals surface area contributed by atoms with Crippen molar-refractivity contribution in [1.29, 1.82) is 10.5 Å². The molecule has 0 aliphatic carbocycles. The zero-order valence-corrected chi connectivity index (χ0v) is 19.8. The summed E-state index contributed by atoms with van der Waals surface area (Å²) in [5, 5.41) is 35.9. The first-order chi connectivity index (χ1) is 16.4. The topological polar surface area (TPSA) is 161 Å². The molecule has 34 heavy (non-hydrogen) atoms. The number of nitrogen functional groups attached to an aromatic ring is 1. The zero-order chi connectivity index (χ0) is 24.7. The van der Waals surface area contributed by atoms with Crippen molar-refractivity contribution >= 4 is 29.4 Å². The molecule has 0 fully saturated rings. The van der Waals surface area contributed by atoms with Gasteiger partial charge in [0.1, 0.15) is 35.2 Å². The highest BCUT2D eigenvalue weighted by Crippen LogP contribution is 2.36. The lowest BCUT2D eigenvalue weighted by molar-refractivity contribution is -0.763. The van der Waals surface area contributed by atoms with Crippen molar-refractivity contribution in [2.45, 2.75) is 31.3 Å². The van der Waals surface area contributed by atoms with Gasteiger partial charge >= 0.3 is 5.88 Å². The molecule has 0 saturated carbocycles. The molecular weight excluding hydrogens is 454 g/mol. The molecule has 1 aromatic carbocycles. The van der Waals surface area contributed by atoms with Gasteiger partial charge in [-0.05, 0) is 27.6 Å². The maximum Gasteiger partial charge on any atom is 0.320 e. The molecule has 10 nitrogen and oxygen atoms in total. The predicted molar refractivity (Wildman–Crippen MR) is 124 cm³/mol. The second-order valence-electron chi connectivity index (χ2n) is 7.52. The summed E-state index contributed by atoms with van der Waals surface area (Å²) in [4.78, 5) is 8.09. The number of anilines is 1. The van der Waals surface area contributed by atoms with Gasteiger partial charge in [0.25, 0.3) is 6.20 Å². The SMILES string of the molecule is COCC[n+]1cc(/N=C(\[O-])CSc2nc(N)c(C#N)c(-c3ccc(C(C)C)cc3)c2C#N)on1. The lowest BCUT2D eigenvalue weighted by Gasteiger charge is -2.15. The van der Waals surface area contributed by atoms with Crippen molar-refractivity contribution in [3.63, 3.8) is 0 Å². The largest absolute Gasteiger partial charge is 0.861 e. The number of pyridine rings is 1. The first kappa shape index (κ1) is 24.7. The number of methoxy groups -OCH3 is 1. The standard InChI is InChI=1S/C23H23N7O3S/c1-14(2)15-4-6-16(7-5-15)21-17(10-24)22(26)28-23(18(21)11-25)34-13-19(31)27-20-12-30(29-33-20)8-9-32-3/h4-7,12,14H,8-9,13H2,1-3H3,(H2-,26,27,28,29,31). The van der Waals surface area contributed by atoms with E-state index in [1.807, 2.05) is 24.3 Å². The zero-order valence-electron chi connectivity index (χ0n) is 19.0. The van der Waals surface area contributed by atoms with E-state index in [0.717, 1.165) is 17.3 Å². The van der Waals surface area contributed by atoms with Gasteiger partial charge in [0.05, 0.1) is 5.56 Å². The van der Waals surface area contributed by atoms with Crippen molar-refractivity contribution < 1.29 is 19.0 Å². The van der Waals surface area contributed by atoms with Crippen LogP contribution in [0.5, 0.6) is 0 Å². The molecule has 0 radical (unpaired) electrons. The summed E-state index contributed by atoms with van der Waals surface area (Å²) in [6.07, 6.45) is 1.49. The Balaban J connectivity index is 1.89. The normalized spacial score (nSPS) is 11.4. The van der Waals surface area contributed by atoms with E-state index in [9.17, 15) is 15.6 Å². The molecular formula is C23H23N7O3S. The van der Waals surface area contributed by atoms with Gasteiger partial charge in [-0.3, -0.25) is 4.52 Å². The summed E-state index contributed by atoms with van der Waals surface area (Å²) < 4.78 is 11.4. The van der Waals surface area contributed by atoms with Crippen LogP contribution in [0.1, 0.15) is 36.5 Å². The van der Waals surface area contributed by atoms with Crippen LogP contribution in [0.25, 0.3) is 11.1 Å². The van der Waals surface area contributed by atoms with E-state index in [2.05, 4.69) is 41.2 Å². The van der Waals surface area contributed by atoms with E-state index < -0.39 is 5.90 Å². The van der Waals surface area contributed by atoms with Crippen LogP contribution in [-0.2, 0) is 11.3 Å². The third-order valence-electron chi connectivity index (χ3n) is 4.87. The molecule has 11 heteroatoms. The third kappa shape index (κ3) is 5.70. The fraction of sp³-hybridized carbons (Fsp3) is 0.304. The molecule has 3 aromatic rings. The van der Waals surface area contributed by atoms with Crippen molar-refractivity contribution in [1.82, 2.24) is 10.3 Å². The number of hydrogen-bond donors (Lipinski definition) is 1. The number of nitrogens with two attached hydrogens (primary N) is 1. The van der Waals surface area contributed by atoms with E-state index in [1.54, 1.807) is 7.11 Å². The Hall–Kier alpha value is -3.93. The first-order valence-corrected chi connectivity index (χ1v) is 11.3. The van der Waals surface area contributed by atoms with E-state index in [-0.39, 0.29) is 33.6 Å². The molecule has 2 N–H and O–H groups in total. The first-order valence-electron chi connectivity index (χ1n) is 10.3. The highest BCUT2D eigenvalue weighted by Gasteiger charge is 2.20. The minimum atomic E-state index is -0.503. The number of benzene rings is 1. The van der Waals surface area contributed by atoms with Gasteiger partial charge in [-0.1, -0.05) is 49.9 Å². The number of rotatable bonds is 9. The highest BCUT2D eigenvalue weighted by molar-refractivity contribution is 8.00. The van der Waals surface area contributed by atoms with E-state index in [1.165, 1.54) is 10.9 Å². The van der Waals surface area contributed by atoms with Crippen molar-refractivity contribution in [3.05, 3.63) is 47.2 Å². The van der Waals surface area contributed by atoms with Crippen LogP contribution in [0.4, 0.5) is 11.7 Å². The Bertz CT molecular complexity index is 1270. The second kappa shape index (κ2) is 11.3. The van der Waals surface area contributed by atoms with Crippen LogP contribution in [0, 0.1) is 22.7 Å². The number of hydrogen-bond acceptors (Lipinski definition) is 10. The molecule has 0 unspecified atom stereocenters. The maximum atomic E-state index is 12.4. The number of aliphatic imine (C=N–C) groups is 1. The lowest BCUT2D eigenvalue weighted by Crippen LogP contribution is -2.36. The van der Waals surface area contributed by atoms with Crippen LogP contribution in [0.15, 0.2) is 45.0 Å². The number of thioether (sulfide) groups is 1. The number of nitrogens with zero attached hydrogens (tertiary/aromatic N) is 6. The lowest BCUT2D eigenvalue weighted by atomic mass is 9.94. The summed E-state index contributed by atoms with van der Waals surface area (Å²) >= 11 is 1.01. The van der Waals surface area contributed by atoms with Gasteiger partial charge in [0.15, 0.2) is 0 Å². The number of ether oxygens (including phenoxy) is 1. The van der Waals surface area contributed by atoms with Crippen molar-refractivity contribution in [2.24, 2.45) is 4.99 Å². The molecule has 0 aliphatic rings. The Kier molecular flexibility index (Phi) is 8.19. The van der Waals surface area contributed by atoms with Crippen LogP contribution >= 0.6 is 11.8 Å². The summed E-state index contributed by atoms with van der Waals surface area (Å²) in [6.45, 7) is 5.05. The molecule has 0 saturated heterocycles. The predicted octanol–water partition coefficient (Wildman–Crippen LogP) is 2.30. The van der Waals surface area contributed by atoms with Crippen LogP contribution in [-0.4, -0.2) is 35.6 Å². The van der Waals surface area contributed by atoms with Crippen LogP contribution in [0.3, 0.4) is 0 Å². The Morgan fingerprint density at radius 2 is 1.97 bits per heavy atom. The van der Waals surface area contributed by atoms with E-state index >= 15 is 0 Å². The van der Waals surface area contributed by atoms with Crippen molar-refractivity contribution in [3.8, 4) is 23.3 Å². The third-order valence-corrected chi connectivity index (χ3v) is 5.83. The smallest absolute Gasteiger partial charge is 0.320 e. The monoisotopic (exact) mass is 477 g/mol. The van der Waals surface area contributed by atoms with Gasteiger partial charge in [0, 0.05) is 18.4 Å². The molecule has 0 spiro atoms. The van der Waals surface area contributed by atoms with Crippen LogP contribution < -0.4 is 15.5 Å². The molecule has 0 aliphatic heterocycles. The quantitative estimate of drug-likeness (QED) is 0.211. The minimum absolute atomic E-state index is 0.00857. The Labute approximate surface area is 201 Å². The summed E-state index contributed by atoms with van der Waals surface area (Å²) in [7, 11) is 1.57. The van der Waals surface area contributed by atoms with Gasteiger partial charge in [-0.15, -0.1) is 0 Å². The molecule has 2 aromatic heterocycles. The van der Waals surface area contributed by atoms with Gasteiger partial charge in [-0.2, -0.15) is 10.5 Å². The molecule has 2 heterocycles. The Morgan fingerprint density at radius 1 is 1.26 bits per heavy atom. The molecule has 3 rings (SSSR count). The average Bonchev–Trinajstić information content (AvgIpc) is 3.27. The summed E-state index contributed by atoms with van der Waals surface area (Å²) in [5.74, 6) is -0.234. The molecule has 174 valence electrons.